The minimum absolute atomic E-state index is 0.0274. The maximum Gasteiger partial charge on any atom is 0.263 e. The van der Waals surface area contributed by atoms with Gasteiger partial charge in [0.05, 0.1) is 5.56 Å². The van der Waals surface area contributed by atoms with Gasteiger partial charge in [0, 0.05) is 35.8 Å². The first-order chi connectivity index (χ1) is 19.1. The minimum atomic E-state index is -2.91. The number of nitrogens with one attached hydrogen (secondary N) is 1. The molecule has 3 heterocycles. The van der Waals surface area contributed by atoms with E-state index >= 15 is 0 Å². The predicted octanol–water partition coefficient (Wildman–Crippen LogP) is 5.65. The molecule has 10 heteroatoms. The van der Waals surface area contributed by atoms with Crippen LogP contribution in [0, 0.1) is 12.8 Å². The first kappa shape index (κ1) is 28.4. The number of aryl methyl sites for hydroxylation is 1. The van der Waals surface area contributed by atoms with E-state index in [0.717, 1.165) is 64.2 Å². The summed E-state index contributed by atoms with van der Waals surface area (Å²) >= 11 is 0. The first-order valence-electron chi connectivity index (χ1n) is 14.4. The smallest absolute Gasteiger partial charge is 0.263 e. The van der Waals surface area contributed by atoms with Crippen molar-refractivity contribution >= 4 is 38.4 Å². The summed E-state index contributed by atoms with van der Waals surface area (Å²) in [5.74, 6) is 1.98. The molecule has 9 nitrogen and oxygen atoms in total. The van der Waals surface area contributed by atoms with Crippen LogP contribution in [0.4, 0.5) is 11.8 Å². The molecule has 2 unspecified atom stereocenters. The van der Waals surface area contributed by atoms with Gasteiger partial charge in [-0.2, -0.15) is 4.98 Å². The van der Waals surface area contributed by atoms with Gasteiger partial charge in [-0.3, -0.25) is 14.2 Å². The Labute approximate surface area is 235 Å². The summed E-state index contributed by atoms with van der Waals surface area (Å²) in [5, 5.41) is 3.92. The molecule has 2 aliphatic rings. The zero-order chi connectivity index (χ0) is 28.4. The highest BCUT2D eigenvalue weighted by molar-refractivity contribution is 7.90. The number of anilines is 2. The van der Waals surface area contributed by atoms with Crippen molar-refractivity contribution in [1.29, 1.82) is 0 Å². The van der Waals surface area contributed by atoms with E-state index in [1.54, 1.807) is 17.7 Å². The maximum atomic E-state index is 13.4. The Balaban J connectivity index is 1.34. The van der Waals surface area contributed by atoms with Crippen molar-refractivity contribution in [3.05, 3.63) is 51.6 Å². The SMILES string of the molecule is CC(=O)c1c(C)c2cnc(Nc3ccc(C4CCCC(CCCS(C)(=O)=O)C4)cn3)nc2n(C2CCCC2)c1=O. The van der Waals surface area contributed by atoms with Crippen molar-refractivity contribution in [2.24, 2.45) is 5.92 Å². The van der Waals surface area contributed by atoms with Gasteiger partial charge in [-0.25, -0.2) is 18.4 Å². The Kier molecular flexibility index (Phi) is 8.35. The number of nitrogens with zero attached hydrogens (tertiary/aromatic N) is 4. The van der Waals surface area contributed by atoms with E-state index in [4.69, 9.17) is 4.98 Å². The second-order valence-corrected chi connectivity index (χ2v) is 14.0. The van der Waals surface area contributed by atoms with Gasteiger partial charge in [0.1, 0.15) is 21.3 Å². The Morgan fingerprint density at radius 1 is 1.07 bits per heavy atom. The lowest BCUT2D eigenvalue weighted by molar-refractivity contribution is 0.101. The molecule has 2 fully saturated rings. The molecule has 0 amide bonds. The number of ketones is 1. The minimum Gasteiger partial charge on any atom is -0.309 e. The second-order valence-electron chi connectivity index (χ2n) is 11.7. The number of carbonyl (C=O) groups excluding carboxylic acids is 1. The molecule has 0 saturated heterocycles. The fourth-order valence-electron chi connectivity index (χ4n) is 6.63. The summed E-state index contributed by atoms with van der Waals surface area (Å²) in [6.45, 7) is 3.23. The summed E-state index contributed by atoms with van der Waals surface area (Å²) in [7, 11) is -2.91. The van der Waals surface area contributed by atoms with E-state index in [-0.39, 0.29) is 28.7 Å². The molecule has 0 bridgehead atoms. The lowest BCUT2D eigenvalue weighted by atomic mass is 9.77. The molecule has 3 aromatic rings. The molecule has 2 atom stereocenters. The number of hydrogen-bond acceptors (Lipinski definition) is 8. The zero-order valence-corrected chi connectivity index (χ0v) is 24.5. The number of aromatic nitrogens is 4. The summed E-state index contributed by atoms with van der Waals surface area (Å²) < 4.78 is 24.7. The van der Waals surface area contributed by atoms with Crippen molar-refractivity contribution < 1.29 is 13.2 Å². The van der Waals surface area contributed by atoms with Gasteiger partial charge < -0.3 is 5.32 Å². The third kappa shape index (κ3) is 6.27. The van der Waals surface area contributed by atoms with Gasteiger partial charge in [0.15, 0.2) is 5.78 Å². The highest BCUT2D eigenvalue weighted by Gasteiger charge is 2.26. The predicted molar refractivity (Wildman–Crippen MR) is 157 cm³/mol. The molecule has 0 spiro atoms. The van der Waals surface area contributed by atoms with E-state index in [1.807, 2.05) is 12.3 Å². The Hall–Kier alpha value is -3.14. The van der Waals surface area contributed by atoms with Gasteiger partial charge in [0.25, 0.3) is 5.56 Å². The number of hydrogen-bond donors (Lipinski definition) is 1. The first-order valence-corrected chi connectivity index (χ1v) is 16.5. The molecule has 0 aliphatic heterocycles. The monoisotopic (exact) mass is 565 g/mol. The van der Waals surface area contributed by atoms with Crippen molar-refractivity contribution in [2.45, 2.75) is 90.0 Å². The molecule has 3 aromatic heterocycles. The van der Waals surface area contributed by atoms with Crippen molar-refractivity contribution in [3.63, 3.8) is 0 Å². The Morgan fingerprint density at radius 2 is 1.85 bits per heavy atom. The highest BCUT2D eigenvalue weighted by atomic mass is 32.2. The third-order valence-corrected chi connectivity index (χ3v) is 9.69. The van der Waals surface area contributed by atoms with E-state index < -0.39 is 9.84 Å². The quantitative estimate of drug-likeness (QED) is 0.330. The molecule has 214 valence electrons. The van der Waals surface area contributed by atoms with E-state index in [1.165, 1.54) is 18.7 Å². The van der Waals surface area contributed by atoms with Crippen LogP contribution >= 0.6 is 0 Å². The van der Waals surface area contributed by atoms with Gasteiger partial charge in [0.2, 0.25) is 5.95 Å². The average molecular weight is 566 g/mol. The molecule has 40 heavy (non-hydrogen) atoms. The Bertz CT molecular complexity index is 1560. The summed E-state index contributed by atoms with van der Waals surface area (Å²) in [5.41, 5.74) is 2.33. The van der Waals surface area contributed by atoms with Crippen LogP contribution in [0.2, 0.25) is 0 Å². The van der Waals surface area contributed by atoms with Gasteiger partial charge in [-0.1, -0.05) is 31.7 Å². The Morgan fingerprint density at radius 3 is 2.52 bits per heavy atom. The van der Waals surface area contributed by atoms with Gasteiger partial charge >= 0.3 is 0 Å². The van der Waals surface area contributed by atoms with Crippen molar-refractivity contribution in [3.8, 4) is 0 Å². The number of sulfone groups is 1. The molecule has 1 N–H and O–H groups in total. The van der Waals surface area contributed by atoms with Crippen LogP contribution < -0.4 is 10.9 Å². The maximum absolute atomic E-state index is 13.4. The van der Waals surface area contributed by atoms with Crippen LogP contribution in [0.25, 0.3) is 11.0 Å². The van der Waals surface area contributed by atoms with Crippen LogP contribution in [-0.4, -0.2) is 45.7 Å². The standard InChI is InChI=1S/C30H39N5O4S/c1-19-25-18-32-30(34-28(25)35(24-11-4-5-12-24)29(37)27(19)20(2)36)33-26-14-13-23(17-31-26)22-10-6-8-21(16-22)9-7-15-40(3,38)39/h13-14,17-18,21-22,24H,4-12,15-16H2,1-3H3,(H,31,32,33,34). The third-order valence-electron chi connectivity index (χ3n) is 8.66. The topological polar surface area (TPSA) is 124 Å². The van der Waals surface area contributed by atoms with Crippen LogP contribution in [0.3, 0.4) is 0 Å². The van der Waals surface area contributed by atoms with Crippen LogP contribution in [0.1, 0.15) is 105 Å². The number of Topliss-reactive ketones (excluding diaryl/α,β-unsaturated/α-hetero) is 1. The number of fused-ring (bicyclic) bond motifs is 1. The molecule has 5 rings (SSSR count). The number of carbonyl (C=O) groups is 1. The zero-order valence-electron chi connectivity index (χ0n) is 23.6. The lowest BCUT2D eigenvalue weighted by Gasteiger charge is -2.29. The van der Waals surface area contributed by atoms with E-state index in [0.29, 0.717) is 40.2 Å². The van der Waals surface area contributed by atoms with Crippen LogP contribution in [0.5, 0.6) is 0 Å². The highest BCUT2D eigenvalue weighted by Crippen LogP contribution is 2.38. The summed E-state index contributed by atoms with van der Waals surface area (Å²) in [6.07, 6.45) is 15.0. The van der Waals surface area contributed by atoms with Gasteiger partial charge in [-0.05, 0) is 81.4 Å². The van der Waals surface area contributed by atoms with Gasteiger partial charge in [-0.15, -0.1) is 0 Å². The number of rotatable bonds is 9. The normalized spacial score (nSPS) is 20.2. The van der Waals surface area contributed by atoms with Crippen molar-refractivity contribution in [1.82, 2.24) is 19.5 Å². The molecule has 0 radical (unpaired) electrons. The summed E-state index contributed by atoms with van der Waals surface area (Å²) in [6, 6.07) is 4.06. The molecule has 0 aromatic carbocycles. The van der Waals surface area contributed by atoms with Crippen LogP contribution in [0.15, 0.2) is 29.3 Å². The van der Waals surface area contributed by atoms with E-state index in [2.05, 4.69) is 21.4 Å². The second kappa shape index (κ2) is 11.8. The molecule has 2 saturated carbocycles. The summed E-state index contributed by atoms with van der Waals surface area (Å²) in [4.78, 5) is 39.7. The molecule has 2 aliphatic carbocycles. The van der Waals surface area contributed by atoms with E-state index in [9.17, 15) is 18.0 Å². The average Bonchev–Trinajstić information content (AvgIpc) is 3.43. The largest absolute Gasteiger partial charge is 0.309 e. The molecular formula is C30H39N5O4S. The fraction of sp³-hybridized carbons (Fsp3) is 0.567. The lowest BCUT2D eigenvalue weighted by Crippen LogP contribution is -2.30. The van der Waals surface area contributed by atoms with Crippen LogP contribution in [-0.2, 0) is 9.84 Å². The fourth-order valence-corrected chi connectivity index (χ4v) is 7.33. The van der Waals surface area contributed by atoms with Crippen molar-refractivity contribution in [2.75, 3.05) is 17.3 Å². The molecular weight excluding hydrogens is 526 g/mol. The number of pyridine rings is 2.